The van der Waals surface area contributed by atoms with Gasteiger partial charge in [-0.25, -0.2) is 0 Å². The van der Waals surface area contributed by atoms with E-state index >= 15 is 0 Å². The number of fused-ring (bicyclic) bond motifs is 1. The van der Waals surface area contributed by atoms with E-state index in [1.807, 2.05) is 12.3 Å². The molecule has 2 aromatic carbocycles. The molecule has 1 aliphatic heterocycles. The molecule has 1 aliphatic rings. The van der Waals surface area contributed by atoms with Gasteiger partial charge in [0.05, 0.1) is 5.52 Å². The number of aromatic nitrogens is 1. The quantitative estimate of drug-likeness (QED) is 0.731. The second kappa shape index (κ2) is 7.78. The Morgan fingerprint density at radius 2 is 1.79 bits per heavy atom. The topological polar surface area (TPSA) is 24.9 Å². The molecule has 2 nitrogen and oxygen atoms in total. The van der Waals surface area contributed by atoms with Gasteiger partial charge in [0.15, 0.2) is 0 Å². The molecule has 1 fully saturated rings. The van der Waals surface area contributed by atoms with Crippen molar-refractivity contribution >= 4 is 23.3 Å². The van der Waals surface area contributed by atoms with Gasteiger partial charge in [-0.05, 0) is 48.9 Å². The van der Waals surface area contributed by atoms with Crippen LogP contribution >= 0.6 is 12.4 Å². The lowest BCUT2D eigenvalue weighted by atomic mass is 9.82. The van der Waals surface area contributed by atoms with Gasteiger partial charge in [-0.15, -0.1) is 12.4 Å². The summed E-state index contributed by atoms with van der Waals surface area (Å²) in [6.07, 6.45) is 5.52. The first-order chi connectivity index (χ1) is 11.4. The van der Waals surface area contributed by atoms with Crippen LogP contribution in [0.15, 0.2) is 66.9 Å². The number of nitrogens with zero attached hydrogens (tertiary/aromatic N) is 1. The predicted octanol–water partition coefficient (Wildman–Crippen LogP) is 4.94. The number of hydrogen-bond donors (Lipinski definition) is 1. The van der Waals surface area contributed by atoms with Crippen molar-refractivity contribution in [2.45, 2.75) is 25.3 Å². The van der Waals surface area contributed by atoms with Crippen LogP contribution in [0.4, 0.5) is 0 Å². The molecule has 0 aliphatic carbocycles. The molecule has 124 valence electrons. The molecule has 3 heteroatoms. The first kappa shape index (κ1) is 16.9. The van der Waals surface area contributed by atoms with Crippen LogP contribution in [0.1, 0.15) is 30.0 Å². The zero-order valence-electron chi connectivity index (χ0n) is 13.7. The normalized spacial score (nSPS) is 20.5. The number of rotatable bonds is 3. The number of para-hydroxylation sites is 1. The van der Waals surface area contributed by atoms with Crippen LogP contribution in [0.5, 0.6) is 0 Å². The van der Waals surface area contributed by atoms with Crippen LogP contribution in [0, 0.1) is 5.92 Å². The maximum Gasteiger partial charge on any atom is 0.0733 e. The SMILES string of the molecule is Cl.c1ccc([C@H]2NCCC[C@H]2Cc2cccc3cccnc23)cc1. The fraction of sp³-hybridized carbons (Fsp3) is 0.286. The van der Waals surface area contributed by atoms with Gasteiger partial charge in [-0.1, -0.05) is 54.6 Å². The van der Waals surface area contributed by atoms with E-state index in [-0.39, 0.29) is 12.4 Å². The molecule has 4 rings (SSSR count). The second-order valence-corrected chi connectivity index (χ2v) is 6.44. The lowest BCUT2D eigenvalue weighted by molar-refractivity contribution is 0.283. The van der Waals surface area contributed by atoms with Gasteiger partial charge in [-0.3, -0.25) is 4.98 Å². The Morgan fingerprint density at radius 3 is 2.67 bits per heavy atom. The summed E-state index contributed by atoms with van der Waals surface area (Å²) in [7, 11) is 0. The van der Waals surface area contributed by atoms with Crippen LogP contribution in [-0.2, 0) is 6.42 Å². The third kappa shape index (κ3) is 3.45. The summed E-state index contributed by atoms with van der Waals surface area (Å²) in [6, 6.07) is 22.0. The van der Waals surface area contributed by atoms with Crippen molar-refractivity contribution in [1.29, 1.82) is 0 Å². The predicted molar refractivity (Wildman–Crippen MR) is 103 cm³/mol. The van der Waals surface area contributed by atoms with E-state index < -0.39 is 0 Å². The molecule has 0 spiro atoms. The number of hydrogen-bond acceptors (Lipinski definition) is 2. The molecule has 0 saturated carbocycles. The lowest BCUT2D eigenvalue weighted by Crippen LogP contribution is -2.35. The van der Waals surface area contributed by atoms with Crippen molar-refractivity contribution in [3.8, 4) is 0 Å². The lowest BCUT2D eigenvalue weighted by Gasteiger charge is -2.33. The van der Waals surface area contributed by atoms with Gasteiger partial charge in [0.1, 0.15) is 0 Å². The van der Waals surface area contributed by atoms with Crippen LogP contribution in [0.3, 0.4) is 0 Å². The van der Waals surface area contributed by atoms with Gasteiger partial charge >= 0.3 is 0 Å². The fourth-order valence-electron chi connectivity index (χ4n) is 3.84. The minimum absolute atomic E-state index is 0. The standard InChI is InChI=1S/C21H22N2.ClH/c1-2-7-16(8-3-1)20-19(12-6-14-23-20)15-18-10-4-9-17-11-5-13-22-21(17)18;/h1-5,7-11,13,19-20,23H,6,12,14-15H2;1H/t19-,20+;/m0./s1. The van der Waals surface area contributed by atoms with Crippen LogP contribution in [-0.4, -0.2) is 11.5 Å². The van der Waals surface area contributed by atoms with Crippen LogP contribution in [0.25, 0.3) is 10.9 Å². The Hall–Kier alpha value is -1.90. The van der Waals surface area contributed by atoms with E-state index in [2.05, 4.69) is 64.9 Å². The number of pyridine rings is 1. The molecule has 1 N–H and O–H groups in total. The van der Waals surface area contributed by atoms with E-state index in [0.29, 0.717) is 12.0 Å². The molecule has 3 aromatic rings. The smallest absolute Gasteiger partial charge is 0.0733 e. The molecular weight excluding hydrogens is 316 g/mol. The number of piperidine rings is 1. The van der Waals surface area contributed by atoms with E-state index in [0.717, 1.165) is 18.5 Å². The van der Waals surface area contributed by atoms with Gasteiger partial charge in [0.25, 0.3) is 0 Å². The van der Waals surface area contributed by atoms with E-state index in [1.54, 1.807) is 0 Å². The molecule has 1 aromatic heterocycles. The highest BCUT2D eigenvalue weighted by atomic mass is 35.5. The molecule has 0 unspecified atom stereocenters. The van der Waals surface area contributed by atoms with Gasteiger partial charge in [0, 0.05) is 17.6 Å². The number of nitrogens with one attached hydrogen (secondary N) is 1. The molecule has 2 heterocycles. The molecule has 0 amide bonds. The first-order valence-electron chi connectivity index (χ1n) is 8.53. The van der Waals surface area contributed by atoms with Gasteiger partial charge < -0.3 is 5.32 Å². The Bertz CT molecular complexity index is 783. The Labute approximate surface area is 149 Å². The Morgan fingerprint density at radius 1 is 0.958 bits per heavy atom. The monoisotopic (exact) mass is 338 g/mol. The van der Waals surface area contributed by atoms with Gasteiger partial charge in [-0.2, -0.15) is 0 Å². The highest BCUT2D eigenvalue weighted by Gasteiger charge is 2.26. The number of halogens is 1. The van der Waals surface area contributed by atoms with Crippen molar-refractivity contribution in [2.24, 2.45) is 5.92 Å². The van der Waals surface area contributed by atoms with E-state index in [4.69, 9.17) is 0 Å². The van der Waals surface area contributed by atoms with Crippen molar-refractivity contribution in [2.75, 3.05) is 6.54 Å². The van der Waals surface area contributed by atoms with Crippen molar-refractivity contribution in [1.82, 2.24) is 10.3 Å². The summed E-state index contributed by atoms with van der Waals surface area (Å²) < 4.78 is 0. The maximum absolute atomic E-state index is 4.62. The summed E-state index contributed by atoms with van der Waals surface area (Å²) in [4.78, 5) is 4.62. The van der Waals surface area contributed by atoms with Gasteiger partial charge in [0.2, 0.25) is 0 Å². The maximum atomic E-state index is 4.62. The van der Waals surface area contributed by atoms with Crippen molar-refractivity contribution < 1.29 is 0 Å². The van der Waals surface area contributed by atoms with Crippen molar-refractivity contribution in [3.05, 3.63) is 78.0 Å². The van der Waals surface area contributed by atoms with E-state index in [9.17, 15) is 0 Å². The summed E-state index contributed by atoms with van der Waals surface area (Å²) in [6.45, 7) is 1.11. The average molecular weight is 339 g/mol. The van der Waals surface area contributed by atoms with Crippen LogP contribution in [0.2, 0.25) is 0 Å². The zero-order valence-corrected chi connectivity index (χ0v) is 14.5. The second-order valence-electron chi connectivity index (χ2n) is 6.44. The fourth-order valence-corrected chi connectivity index (χ4v) is 3.84. The highest BCUT2D eigenvalue weighted by molar-refractivity contribution is 5.85. The third-order valence-corrected chi connectivity index (χ3v) is 4.94. The Balaban J connectivity index is 0.00000169. The van der Waals surface area contributed by atoms with Crippen LogP contribution < -0.4 is 5.32 Å². The molecule has 2 atom stereocenters. The highest BCUT2D eigenvalue weighted by Crippen LogP contribution is 2.33. The molecule has 24 heavy (non-hydrogen) atoms. The largest absolute Gasteiger partial charge is 0.310 e. The van der Waals surface area contributed by atoms with E-state index in [1.165, 1.54) is 29.4 Å². The minimum Gasteiger partial charge on any atom is -0.310 e. The summed E-state index contributed by atoms with van der Waals surface area (Å²) >= 11 is 0. The summed E-state index contributed by atoms with van der Waals surface area (Å²) in [5.41, 5.74) is 3.94. The zero-order chi connectivity index (χ0) is 15.5. The number of benzene rings is 2. The summed E-state index contributed by atoms with van der Waals surface area (Å²) in [5, 5.41) is 4.97. The average Bonchev–Trinajstić information content (AvgIpc) is 2.63. The molecule has 0 radical (unpaired) electrons. The molecular formula is C21H23ClN2. The first-order valence-corrected chi connectivity index (χ1v) is 8.53. The molecule has 0 bridgehead atoms. The molecule has 1 saturated heterocycles. The summed E-state index contributed by atoms with van der Waals surface area (Å²) in [5.74, 6) is 0.624. The van der Waals surface area contributed by atoms with Crippen molar-refractivity contribution in [3.63, 3.8) is 0 Å². The third-order valence-electron chi connectivity index (χ3n) is 4.94. The minimum atomic E-state index is 0. The Kier molecular flexibility index (Phi) is 5.49.